The number of piperidine rings is 1. The molecule has 7 N–H and O–H groups in total. The summed E-state index contributed by atoms with van der Waals surface area (Å²) >= 11 is 6.35. The Balaban J connectivity index is 1.52. The minimum atomic E-state index is 0.345. The summed E-state index contributed by atoms with van der Waals surface area (Å²) in [6.45, 7) is 3.12. The molecule has 2 aliphatic heterocycles. The lowest BCUT2D eigenvalue weighted by Crippen LogP contribution is -2.35. The number of nitrogens with two attached hydrogens (primary N) is 2. The summed E-state index contributed by atoms with van der Waals surface area (Å²) in [5.74, 6) is 0.345. The molecule has 0 radical (unpaired) electrons. The van der Waals surface area contributed by atoms with Crippen molar-refractivity contribution in [3.8, 4) is 0 Å². The number of aliphatic imine (C=N–C) groups is 1. The fourth-order valence-electron chi connectivity index (χ4n) is 3.90. The van der Waals surface area contributed by atoms with E-state index < -0.39 is 0 Å². The predicted molar refractivity (Wildman–Crippen MR) is 134 cm³/mol. The van der Waals surface area contributed by atoms with Gasteiger partial charge in [0.15, 0.2) is 0 Å². The molecule has 0 amide bonds. The number of rotatable bonds is 9. The second-order valence-corrected chi connectivity index (χ2v) is 8.93. The van der Waals surface area contributed by atoms with Crippen LogP contribution < -0.4 is 27.4 Å². The average molecular weight is 454 g/mol. The number of hydrogen-bond donors (Lipinski definition) is 5. The highest BCUT2D eigenvalue weighted by Crippen LogP contribution is 2.27. The van der Waals surface area contributed by atoms with Crippen molar-refractivity contribution in [1.82, 2.24) is 15.6 Å². The fraction of sp³-hybridized carbons (Fsp3) is 0.417. The molecule has 2 saturated heterocycles. The van der Waals surface area contributed by atoms with Gasteiger partial charge in [-0.2, -0.15) is 0 Å². The first-order valence-electron chi connectivity index (χ1n) is 11.3. The summed E-state index contributed by atoms with van der Waals surface area (Å²) in [5.41, 5.74) is 17.0. The number of nitrogen functional groups attached to an aromatic ring is 1. The van der Waals surface area contributed by atoms with E-state index in [0.717, 1.165) is 68.7 Å². The molecule has 0 aliphatic carbocycles. The summed E-state index contributed by atoms with van der Waals surface area (Å²) in [5, 5.41) is 10.9. The lowest BCUT2D eigenvalue weighted by atomic mass is 10.0. The maximum absolute atomic E-state index is 6.35. The van der Waals surface area contributed by atoms with Crippen LogP contribution in [0.1, 0.15) is 30.4 Å². The number of aromatic nitrogens is 1. The monoisotopic (exact) mass is 453 g/mol. The Labute approximate surface area is 194 Å². The molecule has 1 aromatic carbocycles. The van der Waals surface area contributed by atoms with Crippen LogP contribution in [0.15, 0.2) is 52.8 Å². The van der Waals surface area contributed by atoms with Crippen LogP contribution in [-0.4, -0.2) is 42.5 Å². The lowest BCUT2D eigenvalue weighted by molar-refractivity contribution is 0.479. The number of anilines is 2. The normalized spacial score (nSPS) is 19.7. The van der Waals surface area contributed by atoms with Crippen molar-refractivity contribution in [3.63, 3.8) is 0 Å². The number of amidine groups is 1. The van der Waals surface area contributed by atoms with Crippen molar-refractivity contribution < 1.29 is 0 Å². The highest BCUT2D eigenvalue weighted by atomic mass is 35.5. The van der Waals surface area contributed by atoms with Gasteiger partial charge in [-0.15, -0.1) is 0 Å². The van der Waals surface area contributed by atoms with Crippen LogP contribution in [0.2, 0.25) is 0 Å². The first-order chi connectivity index (χ1) is 15.6. The molecule has 1 unspecified atom stereocenters. The van der Waals surface area contributed by atoms with Crippen molar-refractivity contribution in [1.29, 1.82) is 0 Å². The van der Waals surface area contributed by atoms with Gasteiger partial charge in [-0.05, 0) is 80.6 Å². The standard InChI is InChI=1S/C24H32ClN7/c25-22(5-3-21-15-30-21)24(27)32-20-4-6-23(31-19-7-9-28-10-8-19)17(12-20)2-1-16-11-18(26)14-29-13-16/h4-6,11-14,19,21,28,30-31H,1-3,7-10,15,26H2,(H2,27,32)/b22-5+. The van der Waals surface area contributed by atoms with E-state index in [2.05, 4.69) is 38.1 Å². The predicted octanol–water partition coefficient (Wildman–Crippen LogP) is 3.09. The van der Waals surface area contributed by atoms with Crippen LogP contribution >= 0.6 is 11.6 Å². The Hall–Kier alpha value is -2.61. The van der Waals surface area contributed by atoms with Crippen molar-refractivity contribution in [2.75, 3.05) is 30.7 Å². The van der Waals surface area contributed by atoms with Gasteiger partial charge >= 0.3 is 0 Å². The van der Waals surface area contributed by atoms with Gasteiger partial charge in [0.05, 0.1) is 16.4 Å². The molecular weight excluding hydrogens is 422 g/mol. The van der Waals surface area contributed by atoms with E-state index in [1.54, 1.807) is 6.20 Å². The third kappa shape index (κ3) is 6.69. The van der Waals surface area contributed by atoms with E-state index in [0.29, 0.717) is 28.6 Å². The van der Waals surface area contributed by atoms with Crippen LogP contribution in [-0.2, 0) is 12.8 Å². The maximum atomic E-state index is 6.35. The molecule has 2 aromatic rings. The Bertz CT molecular complexity index is 978. The van der Waals surface area contributed by atoms with Gasteiger partial charge in [0, 0.05) is 36.7 Å². The van der Waals surface area contributed by atoms with Crippen LogP contribution in [0.25, 0.3) is 0 Å². The highest BCUT2D eigenvalue weighted by Gasteiger charge is 2.18. The van der Waals surface area contributed by atoms with Gasteiger partial charge in [-0.3, -0.25) is 4.98 Å². The molecule has 170 valence electrons. The maximum Gasteiger partial charge on any atom is 0.142 e. The van der Waals surface area contributed by atoms with Gasteiger partial charge < -0.3 is 27.4 Å². The molecule has 0 spiro atoms. The van der Waals surface area contributed by atoms with E-state index in [-0.39, 0.29) is 0 Å². The zero-order chi connectivity index (χ0) is 22.3. The molecule has 32 heavy (non-hydrogen) atoms. The van der Waals surface area contributed by atoms with E-state index in [4.69, 9.17) is 23.1 Å². The number of halogens is 1. The Kier molecular flexibility index (Phi) is 7.63. The molecule has 4 rings (SSSR count). The van der Waals surface area contributed by atoms with Crippen LogP contribution in [0.3, 0.4) is 0 Å². The first-order valence-corrected chi connectivity index (χ1v) is 11.7. The van der Waals surface area contributed by atoms with E-state index in [9.17, 15) is 0 Å². The van der Waals surface area contributed by atoms with Gasteiger partial charge in [-0.1, -0.05) is 17.7 Å². The molecule has 0 saturated carbocycles. The fourth-order valence-corrected chi connectivity index (χ4v) is 4.03. The lowest BCUT2D eigenvalue weighted by Gasteiger charge is -2.26. The second-order valence-electron chi connectivity index (χ2n) is 8.53. The summed E-state index contributed by atoms with van der Waals surface area (Å²) in [6.07, 6.45) is 10.3. The SMILES string of the molecule is NC(=Nc1ccc(NC2CCNCC2)c(CCc2cncc(N)c2)c1)/C(Cl)=C\CC1CN1. The summed E-state index contributed by atoms with van der Waals surface area (Å²) in [7, 11) is 0. The molecule has 7 nitrogen and oxygen atoms in total. The smallest absolute Gasteiger partial charge is 0.142 e. The Morgan fingerprint density at radius 2 is 2.03 bits per heavy atom. The summed E-state index contributed by atoms with van der Waals surface area (Å²) < 4.78 is 0. The molecular formula is C24H32ClN7. The van der Waals surface area contributed by atoms with Gasteiger partial charge in [-0.25, -0.2) is 4.99 Å². The van der Waals surface area contributed by atoms with Crippen molar-refractivity contribution in [3.05, 3.63) is 58.9 Å². The third-order valence-electron chi connectivity index (χ3n) is 5.86. The van der Waals surface area contributed by atoms with E-state index >= 15 is 0 Å². The van der Waals surface area contributed by atoms with Crippen LogP contribution in [0, 0.1) is 0 Å². The van der Waals surface area contributed by atoms with Gasteiger partial charge in [0.2, 0.25) is 0 Å². The number of nitrogens with zero attached hydrogens (tertiary/aromatic N) is 2. The van der Waals surface area contributed by atoms with E-state index in [1.807, 2.05) is 24.4 Å². The zero-order valence-corrected chi connectivity index (χ0v) is 19.0. The van der Waals surface area contributed by atoms with Crippen molar-refractivity contribution in [2.45, 2.75) is 44.2 Å². The van der Waals surface area contributed by atoms with Crippen molar-refractivity contribution >= 4 is 34.5 Å². The molecule has 1 aromatic heterocycles. The number of hydrogen-bond acceptors (Lipinski definition) is 6. The first kappa shape index (κ1) is 22.6. The minimum absolute atomic E-state index is 0.345. The molecule has 0 bridgehead atoms. The molecule has 8 heteroatoms. The zero-order valence-electron chi connectivity index (χ0n) is 18.3. The Morgan fingerprint density at radius 3 is 2.78 bits per heavy atom. The summed E-state index contributed by atoms with van der Waals surface area (Å²) in [4.78, 5) is 8.79. The molecule has 2 aliphatic rings. The number of pyridine rings is 1. The Morgan fingerprint density at radius 1 is 1.22 bits per heavy atom. The third-order valence-corrected chi connectivity index (χ3v) is 6.20. The quantitative estimate of drug-likeness (QED) is 0.226. The van der Waals surface area contributed by atoms with Crippen LogP contribution in [0.4, 0.5) is 17.1 Å². The number of benzene rings is 1. The molecule has 2 fully saturated rings. The second kappa shape index (κ2) is 10.8. The van der Waals surface area contributed by atoms with Gasteiger partial charge in [0.25, 0.3) is 0 Å². The molecule has 3 heterocycles. The number of nitrogens with one attached hydrogen (secondary N) is 3. The number of aryl methyl sites for hydroxylation is 2. The van der Waals surface area contributed by atoms with E-state index in [1.165, 1.54) is 5.56 Å². The average Bonchev–Trinajstić information content (AvgIpc) is 3.63. The topological polar surface area (TPSA) is 123 Å². The van der Waals surface area contributed by atoms with Gasteiger partial charge in [0.1, 0.15) is 5.84 Å². The van der Waals surface area contributed by atoms with Crippen LogP contribution in [0.5, 0.6) is 0 Å². The minimum Gasteiger partial charge on any atom is -0.397 e. The largest absolute Gasteiger partial charge is 0.397 e. The summed E-state index contributed by atoms with van der Waals surface area (Å²) in [6, 6.07) is 9.16. The highest BCUT2D eigenvalue weighted by molar-refractivity contribution is 6.43. The molecule has 1 atom stereocenters. The van der Waals surface area contributed by atoms with Crippen molar-refractivity contribution in [2.24, 2.45) is 10.7 Å².